The largest absolute Gasteiger partial charge is 0.377 e. The summed E-state index contributed by atoms with van der Waals surface area (Å²) < 4.78 is 21.1. The number of ether oxygens (including phenoxy) is 1. The maximum Gasteiger partial charge on any atom is 0.148 e. The van der Waals surface area contributed by atoms with E-state index in [0.717, 1.165) is 5.52 Å². The highest BCUT2D eigenvalue weighted by Crippen LogP contribution is 2.28. The first-order valence-electron chi connectivity index (χ1n) is 4.66. The molecule has 0 radical (unpaired) electrons. The Morgan fingerprint density at radius 1 is 1.47 bits per heavy atom. The van der Waals surface area contributed by atoms with E-state index >= 15 is 0 Å². The maximum atomic E-state index is 13.7. The fourth-order valence-electron chi connectivity index (χ4n) is 1.72. The van der Waals surface area contributed by atoms with Crippen LogP contribution >= 0.6 is 15.9 Å². The van der Waals surface area contributed by atoms with Gasteiger partial charge in [-0.3, -0.25) is 4.68 Å². The van der Waals surface area contributed by atoms with Crippen molar-refractivity contribution < 1.29 is 9.13 Å². The third-order valence-electron chi connectivity index (χ3n) is 2.63. The molecule has 0 saturated carbocycles. The Morgan fingerprint density at radius 3 is 2.93 bits per heavy atom. The van der Waals surface area contributed by atoms with E-state index in [2.05, 4.69) is 21.0 Å². The van der Waals surface area contributed by atoms with Gasteiger partial charge in [0.15, 0.2) is 0 Å². The van der Waals surface area contributed by atoms with Crippen LogP contribution in [0.2, 0.25) is 0 Å². The summed E-state index contributed by atoms with van der Waals surface area (Å²) in [6.07, 6.45) is 1.56. The van der Waals surface area contributed by atoms with Crippen LogP contribution in [0.15, 0.2) is 22.8 Å². The number of rotatable bonds is 1. The molecule has 1 fully saturated rings. The molecule has 0 aliphatic carbocycles. The highest BCUT2D eigenvalue weighted by molar-refractivity contribution is 9.10. The Kier molecular flexibility index (Phi) is 2.03. The normalized spacial score (nSPS) is 16.9. The Labute approximate surface area is 94.0 Å². The monoisotopic (exact) mass is 270 g/mol. The minimum absolute atomic E-state index is 0.251. The number of hydrogen-bond acceptors (Lipinski definition) is 2. The van der Waals surface area contributed by atoms with Crippen LogP contribution in [0.5, 0.6) is 0 Å². The fourth-order valence-corrected chi connectivity index (χ4v) is 2.06. The third-order valence-corrected chi connectivity index (χ3v) is 3.25. The molecule has 78 valence electrons. The van der Waals surface area contributed by atoms with Crippen molar-refractivity contribution in [2.45, 2.75) is 6.04 Å². The van der Waals surface area contributed by atoms with E-state index in [9.17, 15) is 4.39 Å². The average Bonchev–Trinajstić information content (AvgIpc) is 2.54. The van der Waals surface area contributed by atoms with Gasteiger partial charge in [-0.25, -0.2) is 4.39 Å². The van der Waals surface area contributed by atoms with Gasteiger partial charge in [0.2, 0.25) is 0 Å². The van der Waals surface area contributed by atoms with Crippen molar-refractivity contribution in [2.75, 3.05) is 13.2 Å². The number of benzene rings is 1. The number of hydrogen-bond donors (Lipinski definition) is 0. The molecule has 0 spiro atoms. The van der Waals surface area contributed by atoms with Crippen molar-refractivity contribution in [3.05, 3.63) is 28.6 Å². The Morgan fingerprint density at radius 2 is 2.27 bits per heavy atom. The molecule has 2 aromatic rings. The van der Waals surface area contributed by atoms with Gasteiger partial charge >= 0.3 is 0 Å². The van der Waals surface area contributed by atoms with Crippen molar-refractivity contribution in [1.82, 2.24) is 9.78 Å². The topological polar surface area (TPSA) is 27.1 Å². The van der Waals surface area contributed by atoms with Crippen LogP contribution in [0.4, 0.5) is 4.39 Å². The zero-order chi connectivity index (χ0) is 10.4. The van der Waals surface area contributed by atoms with Gasteiger partial charge in [-0.05, 0) is 28.1 Å². The Balaban J connectivity index is 2.21. The molecule has 0 amide bonds. The molecule has 5 heteroatoms. The minimum Gasteiger partial charge on any atom is -0.377 e. The van der Waals surface area contributed by atoms with Gasteiger partial charge < -0.3 is 4.74 Å². The van der Waals surface area contributed by atoms with Gasteiger partial charge in [-0.1, -0.05) is 0 Å². The highest BCUT2D eigenvalue weighted by atomic mass is 79.9. The standard InChI is InChI=1S/C10H8BrFN2O/c11-8-1-2-9-7(10(8)12)3-13-14(9)6-4-15-5-6/h1-3,6H,4-5H2. The lowest BCUT2D eigenvalue weighted by Gasteiger charge is -2.26. The first kappa shape index (κ1) is 9.30. The predicted molar refractivity (Wildman–Crippen MR) is 57.2 cm³/mol. The van der Waals surface area contributed by atoms with Gasteiger partial charge in [-0.2, -0.15) is 5.10 Å². The zero-order valence-electron chi connectivity index (χ0n) is 7.78. The Hall–Kier alpha value is -0.940. The SMILES string of the molecule is Fc1c(Br)ccc2c1cnn2C1COC1. The Bertz CT molecular complexity index is 521. The molecule has 0 atom stereocenters. The zero-order valence-corrected chi connectivity index (χ0v) is 9.37. The molecule has 1 aromatic carbocycles. The third kappa shape index (κ3) is 1.30. The van der Waals surface area contributed by atoms with Crippen LogP contribution in [0, 0.1) is 5.82 Å². The molecule has 3 rings (SSSR count). The molecular weight excluding hydrogens is 263 g/mol. The molecule has 1 aliphatic heterocycles. The smallest absolute Gasteiger partial charge is 0.148 e. The summed E-state index contributed by atoms with van der Waals surface area (Å²) in [6.45, 7) is 1.32. The number of nitrogens with zero attached hydrogens (tertiary/aromatic N) is 2. The second-order valence-electron chi connectivity index (χ2n) is 3.57. The summed E-state index contributed by atoms with van der Waals surface area (Å²) in [6, 6.07) is 3.83. The van der Waals surface area contributed by atoms with Gasteiger partial charge in [0.1, 0.15) is 5.82 Å². The average molecular weight is 271 g/mol. The van der Waals surface area contributed by atoms with E-state index in [1.807, 2.05) is 10.7 Å². The number of fused-ring (bicyclic) bond motifs is 1. The van der Waals surface area contributed by atoms with E-state index in [1.54, 1.807) is 12.3 Å². The van der Waals surface area contributed by atoms with Crippen molar-refractivity contribution in [2.24, 2.45) is 0 Å². The number of aromatic nitrogens is 2. The second kappa shape index (κ2) is 3.28. The van der Waals surface area contributed by atoms with E-state index < -0.39 is 0 Å². The maximum absolute atomic E-state index is 13.7. The number of halogens is 2. The molecular formula is C10H8BrFN2O. The quantitative estimate of drug-likeness (QED) is 0.796. The summed E-state index contributed by atoms with van der Waals surface area (Å²) in [4.78, 5) is 0. The fraction of sp³-hybridized carbons (Fsp3) is 0.300. The van der Waals surface area contributed by atoms with Gasteiger partial charge in [0.05, 0.1) is 40.8 Å². The van der Waals surface area contributed by atoms with Gasteiger partial charge in [0, 0.05) is 0 Å². The van der Waals surface area contributed by atoms with Crippen LogP contribution in [-0.4, -0.2) is 23.0 Å². The molecule has 0 unspecified atom stereocenters. The molecule has 0 bridgehead atoms. The highest BCUT2D eigenvalue weighted by Gasteiger charge is 2.23. The summed E-state index contributed by atoms with van der Waals surface area (Å²) >= 11 is 3.16. The van der Waals surface area contributed by atoms with Gasteiger partial charge in [-0.15, -0.1) is 0 Å². The minimum atomic E-state index is -0.251. The lowest BCUT2D eigenvalue weighted by Crippen LogP contribution is -2.31. The second-order valence-corrected chi connectivity index (χ2v) is 4.43. The van der Waals surface area contributed by atoms with Crippen LogP contribution in [0.1, 0.15) is 6.04 Å². The molecule has 0 N–H and O–H groups in total. The van der Waals surface area contributed by atoms with Crippen LogP contribution in [0.3, 0.4) is 0 Å². The summed E-state index contributed by atoms with van der Waals surface area (Å²) in [5.74, 6) is -0.251. The van der Waals surface area contributed by atoms with Crippen molar-refractivity contribution in [1.29, 1.82) is 0 Å². The van der Waals surface area contributed by atoms with E-state index in [4.69, 9.17) is 4.74 Å². The first-order valence-corrected chi connectivity index (χ1v) is 5.45. The van der Waals surface area contributed by atoms with Crippen molar-refractivity contribution >= 4 is 26.8 Å². The van der Waals surface area contributed by atoms with Crippen molar-refractivity contribution in [3.63, 3.8) is 0 Å². The first-order chi connectivity index (χ1) is 7.27. The summed E-state index contributed by atoms with van der Waals surface area (Å²) in [7, 11) is 0. The van der Waals surface area contributed by atoms with Crippen LogP contribution in [-0.2, 0) is 4.74 Å². The van der Waals surface area contributed by atoms with Crippen LogP contribution < -0.4 is 0 Å². The van der Waals surface area contributed by atoms with E-state index in [0.29, 0.717) is 23.1 Å². The summed E-state index contributed by atoms with van der Waals surface area (Å²) in [5.41, 5.74) is 0.823. The molecule has 2 heterocycles. The molecule has 1 saturated heterocycles. The van der Waals surface area contributed by atoms with Gasteiger partial charge in [0.25, 0.3) is 0 Å². The molecule has 1 aromatic heterocycles. The lowest BCUT2D eigenvalue weighted by molar-refractivity contribution is -0.0266. The predicted octanol–water partition coefficient (Wildman–Crippen LogP) is 2.51. The summed E-state index contributed by atoms with van der Waals surface area (Å²) in [5, 5.41) is 4.75. The van der Waals surface area contributed by atoms with E-state index in [-0.39, 0.29) is 11.9 Å². The van der Waals surface area contributed by atoms with Crippen LogP contribution in [0.25, 0.3) is 10.9 Å². The molecule has 1 aliphatic rings. The lowest BCUT2D eigenvalue weighted by atomic mass is 10.2. The van der Waals surface area contributed by atoms with Crippen molar-refractivity contribution in [3.8, 4) is 0 Å². The molecule has 15 heavy (non-hydrogen) atoms. The van der Waals surface area contributed by atoms with E-state index in [1.165, 1.54) is 0 Å². The molecule has 3 nitrogen and oxygen atoms in total.